The smallest absolute Gasteiger partial charge is 0.185 e. The number of nitrogens with zero attached hydrogens (tertiary/aromatic N) is 2. The van der Waals surface area contributed by atoms with Gasteiger partial charge in [0.1, 0.15) is 0 Å². The molecular weight excluding hydrogens is 286 g/mol. The fourth-order valence-electron chi connectivity index (χ4n) is 1.97. The van der Waals surface area contributed by atoms with Crippen molar-refractivity contribution >= 4 is 27.8 Å². The lowest BCUT2D eigenvalue weighted by Gasteiger charge is -2.14. The van der Waals surface area contributed by atoms with Gasteiger partial charge in [0.25, 0.3) is 0 Å². The van der Waals surface area contributed by atoms with Gasteiger partial charge in [0.15, 0.2) is 5.13 Å². The number of aromatic nitrogens is 1. The minimum Gasteiger partial charge on any atom is -0.347 e. The Morgan fingerprint density at radius 3 is 2.80 bits per heavy atom. The molecule has 0 aliphatic carbocycles. The number of thiophene rings is 1. The van der Waals surface area contributed by atoms with Crippen LogP contribution in [0.4, 0.5) is 5.13 Å². The predicted molar refractivity (Wildman–Crippen MR) is 89.9 cm³/mol. The van der Waals surface area contributed by atoms with Gasteiger partial charge in [-0.3, -0.25) is 0 Å². The maximum Gasteiger partial charge on any atom is 0.185 e. The van der Waals surface area contributed by atoms with Gasteiger partial charge in [-0.15, -0.1) is 11.3 Å². The van der Waals surface area contributed by atoms with Crippen molar-refractivity contribution in [2.75, 3.05) is 11.9 Å². The summed E-state index contributed by atoms with van der Waals surface area (Å²) in [6.07, 6.45) is 0.998. The van der Waals surface area contributed by atoms with Crippen molar-refractivity contribution in [3.05, 3.63) is 33.0 Å². The summed E-state index contributed by atoms with van der Waals surface area (Å²) in [5.41, 5.74) is 2.59. The Balaban J connectivity index is 2.07. The third-order valence-corrected chi connectivity index (χ3v) is 5.04. The molecule has 2 aromatic heterocycles. The fourth-order valence-corrected chi connectivity index (χ4v) is 3.69. The number of nitrogens with one attached hydrogen (secondary N) is 1. The Kier molecular flexibility index (Phi) is 5.57. The van der Waals surface area contributed by atoms with E-state index in [0.717, 1.165) is 24.6 Å². The van der Waals surface area contributed by atoms with Crippen molar-refractivity contribution in [3.63, 3.8) is 0 Å². The summed E-state index contributed by atoms with van der Waals surface area (Å²) < 4.78 is 0. The molecule has 1 N–H and O–H groups in total. The number of thiazole rings is 1. The van der Waals surface area contributed by atoms with Gasteiger partial charge >= 0.3 is 0 Å². The number of aryl methyl sites for hydroxylation is 1. The molecule has 20 heavy (non-hydrogen) atoms. The first-order valence-corrected chi connectivity index (χ1v) is 8.80. The Labute approximate surface area is 129 Å². The first-order chi connectivity index (χ1) is 9.60. The molecule has 0 saturated heterocycles. The second-order valence-corrected chi connectivity index (χ2v) is 7.09. The van der Waals surface area contributed by atoms with Crippen molar-refractivity contribution < 1.29 is 0 Å². The van der Waals surface area contributed by atoms with E-state index < -0.39 is 0 Å². The van der Waals surface area contributed by atoms with Gasteiger partial charge in [-0.25, -0.2) is 4.98 Å². The molecular formula is C15H23N3S2. The molecule has 5 heteroatoms. The van der Waals surface area contributed by atoms with E-state index in [1.165, 1.54) is 16.1 Å². The van der Waals surface area contributed by atoms with E-state index in [1.807, 2.05) is 11.3 Å². The highest BCUT2D eigenvalue weighted by Crippen LogP contribution is 2.27. The Hall–Kier alpha value is -0.910. The van der Waals surface area contributed by atoms with Gasteiger partial charge in [-0.05, 0) is 28.8 Å². The number of anilines is 1. The second kappa shape index (κ2) is 7.20. The molecule has 0 aliphatic heterocycles. The fraction of sp³-hybridized carbons (Fsp3) is 0.533. The first kappa shape index (κ1) is 15.5. The molecule has 2 aromatic rings. The normalized spacial score (nSPS) is 11.2. The van der Waals surface area contributed by atoms with Crippen LogP contribution in [0.1, 0.15) is 36.9 Å². The quantitative estimate of drug-likeness (QED) is 0.840. The van der Waals surface area contributed by atoms with Crippen molar-refractivity contribution in [2.45, 2.75) is 46.3 Å². The summed E-state index contributed by atoms with van der Waals surface area (Å²) in [6.45, 7) is 8.38. The molecule has 0 aliphatic rings. The first-order valence-electron chi connectivity index (χ1n) is 7.04. The van der Waals surface area contributed by atoms with E-state index in [1.54, 1.807) is 11.3 Å². The minimum absolute atomic E-state index is 0.508. The van der Waals surface area contributed by atoms with Crippen LogP contribution in [0.3, 0.4) is 0 Å². The molecule has 0 bridgehead atoms. The number of rotatable bonds is 7. The van der Waals surface area contributed by atoms with Crippen LogP contribution in [0.2, 0.25) is 0 Å². The highest BCUT2D eigenvalue weighted by molar-refractivity contribution is 7.15. The molecule has 3 nitrogen and oxygen atoms in total. The average Bonchev–Trinajstić information content (AvgIpc) is 3.04. The van der Waals surface area contributed by atoms with Gasteiger partial charge in [0, 0.05) is 31.1 Å². The second-order valence-electron chi connectivity index (χ2n) is 5.24. The molecule has 2 heterocycles. The summed E-state index contributed by atoms with van der Waals surface area (Å²) in [5, 5.41) is 8.93. The Bertz CT molecular complexity index is 517. The van der Waals surface area contributed by atoms with Crippen molar-refractivity contribution in [2.24, 2.45) is 0 Å². The van der Waals surface area contributed by atoms with E-state index >= 15 is 0 Å². The monoisotopic (exact) mass is 309 g/mol. The van der Waals surface area contributed by atoms with Crippen LogP contribution in [0.25, 0.3) is 0 Å². The zero-order chi connectivity index (χ0) is 14.5. The zero-order valence-electron chi connectivity index (χ0n) is 12.6. The van der Waals surface area contributed by atoms with Crippen molar-refractivity contribution in [3.8, 4) is 0 Å². The van der Waals surface area contributed by atoms with Crippen LogP contribution >= 0.6 is 22.7 Å². The lowest BCUT2D eigenvalue weighted by Crippen LogP contribution is -2.21. The summed E-state index contributed by atoms with van der Waals surface area (Å²) in [4.78, 5) is 8.40. The van der Waals surface area contributed by atoms with E-state index in [4.69, 9.17) is 4.98 Å². The van der Waals surface area contributed by atoms with Crippen LogP contribution in [0.15, 0.2) is 16.8 Å². The summed E-state index contributed by atoms with van der Waals surface area (Å²) in [7, 11) is 2.12. The third kappa shape index (κ3) is 4.04. The molecule has 0 spiro atoms. The van der Waals surface area contributed by atoms with Crippen LogP contribution < -0.4 is 10.2 Å². The van der Waals surface area contributed by atoms with Gasteiger partial charge < -0.3 is 10.2 Å². The third-order valence-electron chi connectivity index (χ3n) is 3.10. The van der Waals surface area contributed by atoms with Crippen molar-refractivity contribution in [1.82, 2.24) is 10.3 Å². The van der Waals surface area contributed by atoms with Gasteiger partial charge in [0.05, 0.1) is 5.69 Å². The summed E-state index contributed by atoms with van der Waals surface area (Å²) in [6, 6.07) is 2.69. The molecule has 0 fully saturated rings. The highest BCUT2D eigenvalue weighted by atomic mass is 32.1. The molecule has 0 atom stereocenters. The maximum absolute atomic E-state index is 4.79. The van der Waals surface area contributed by atoms with E-state index in [0.29, 0.717) is 6.04 Å². The molecule has 110 valence electrons. The number of hydrogen-bond acceptors (Lipinski definition) is 5. The average molecular weight is 310 g/mol. The number of hydrogen-bond donors (Lipinski definition) is 1. The Morgan fingerprint density at radius 2 is 2.20 bits per heavy atom. The standard InChI is InChI=1S/C15H23N3S2/c1-5-13-14(8-16-11(2)3)20-15(17-13)18(4)9-12-6-7-19-10-12/h6-7,10-11,16H,5,8-9H2,1-4H3. The van der Waals surface area contributed by atoms with E-state index in [-0.39, 0.29) is 0 Å². The molecule has 0 amide bonds. The highest BCUT2D eigenvalue weighted by Gasteiger charge is 2.13. The van der Waals surface area contributed by atoms with Gasteiger partial charge in [0.2, 0.25) is 0 Å². The Morgan fingerprint density at radius 1 is 1.40 bits per heavy atom. The van der Waals surface area contributed by atoms with Crippen molar-refractivity contribution in [1.29, 1.82) is 0 Å². The van der Waals surface area contributed by atoms with Gasteiger partial charge in [-0.1, -0.05) is 20.8 Å². The molecule has 0 aromatic carbocycles. The predicted octanol–water partition coefficient (Wildman–Crippen LogP) is 3.90. The minimum atomic E-state index is 0.508. The molecule has 2 rings (SSSR count). The zero-order valence-corrected chi connectivity index (χ0v) is 14.3. The lowest BCUT2D eigenvalue weighted by atomic mass is 10.3. The maximum atomic E-state index is 4.79. The lowest BCUT2D eigenvalue weighted by molar-refractivity contribution is 0.590. The molecule has 0 radical (unpaired) electrons. The molecule has 0 unspecified atom stereocenters. The van der Waals surface area contributed by atoms with Gasteiger partial charge in [-0.2, -0.15) is 11.3 Å². The van der Waals surface area contributed by atoms with Crippen LogP contribution in [-0.2, 0) is 19.5 Å². The van der Waals surface area contributed by atoms with Crippen LogP contribution in [-0.4, -0.2) is 18.1 Å². The van der Waals surface area contributed by atoms with E-state index in [9.17, 15) is 0 Å². The van der Waals surface area contributed by atoms with E-state index in [2.05, 4.69) is 54.9 Å². The SMILES string of the molecule is CCc1nc(N(C)Cc2ccsc2)sc1CNC(C)C. The van der Waals surface area contributed by atoms with Crippen LogP contribution in [0, 0.1) is 0 Å². The topological polar surface area (TPSA) is 28.2 Å². The molecule has 0 saturated carbocycles. The largest absolute Gasteiger partial charge is 0.347 e. The summed E-state index contributed by atoms with van der Waals surface area (Å²) in [5.74, 6) is 0. The summed E-state index contributed by atoms with van der Waals surface area (Å²) >= 11 is 3.56. The van der Waals surface area contributed by atoms with Crippen LogP contribution in [0.5, 0.6) is 0 Å².